The van der Waals surface area contributed by atoms with E-state index in [0.29, 0.717) is 49.1 Å². The summed E-state index contributed by atoms with van der Waals surface area (Å²) in [6, 6.07) is 5.85. The lowest BCUT2D eigenvalue weighted by Crippen LogP contribution is -2.39. The molecule has 1 aliphatic heterocycles. The summed E-state index contributed by atoms with van der Waals surface area (Å²) in [5.41, 5.74) is 1.18. The van der Waals surface area contributed by atoms with Crippen LogP contribution in [-0.4, -0.2) is 42.6 Å². The Kier molecular flexibility index (Phi) is 6.94. The Hall–Kier alpha value is -2.94. The first kappa shape index (κ1) is 22.7. The van der Waals surface area contributed by atoms with Gasteiger partial charge in [-0.15, -0.1) is 0 Å². The predicted octanol–water partition coefficient (Wildman–Crippen LogP) is 4.39. The number of nitrogens with zero attached hydrogens (tertiary/aromatic N) is 2. The third-order valence-electron chi connectivity index (χ3n) is 5.05. The van der Waals surface area contributed by atoms with Crippen LogP contribution < -0.4 is 5.32 Å². The molecule has 1 aromatic heterocycles. The van der Waals surface area contributed by atoms with Crippen LogP contribution in [0.15, 0.2) is 47.8 Å². The maximum Gasteiger partial charge on any atom is 0.416 e. The second-order valence-corrected chi connectivity index (χ2v) is 7.34. The zero-order valence-corrected chi connectivity index (χ0v) is 17.2. The minimum absolute atomic E-state index is 0.0820. The minimum Gasteiger partial charge on any atom is -0.383 e. The Bertz CT molecular complexity index is 989. The number of hydrogen-bond acceptors (Lipinski definition) is 4. The van der Waals surface area contributed by atoms with Crippen LogP contribution in [0.1, 0.15) is 30.0 Å². The van der Waals surface area contributed by atoms with Crippen molar-refractivity contribution in [2.24, 2.45) is 0 Å². The van der Waals surface area contributed by atoms with Gasteiger partial charge < -0.3 is 15.0 Å². The monoisotopic (exact) mass is 437 g/mol. The van der Waals surface area contributed by atoms with Crippen molar-refractivity contribution >= 4 is 11.7 Å². The van der Waals surface area contributed by atoms with Gasteiger partial charge in [-0.3, -0.25) is 4.79 Å². The van der Waals surface area contributed by atoms with E-state index in [-0.39, 0.29) is 17.9 Å². The van der Waals surface area contributed by atoms with Gasteiger partial charge in [0, 0.05) is 44.1 Å². The number of nitrogens with one attached hydrogen (secondary N) is 1. The topological polar surface area (TPSA) is 54.5 Å². The van der Waals surface area contributed by atoms with Gasteiger partial charge in [-0.2, -0.15) is 13.2 Å². The van der Waals surface area contributed by atoms with Gasteiger partial charge in [0.2, 0.25) is 0 Å². The second-order valence-electron chi connectivity index (χ2n) is 7.34. The molecule has 0 bridgehead atoms. The van der Waals surface area contributed by atoms with Crippen LogP contribution in [0, 0.1) is 5.82 Å². The summed E-state index contributed by atoms with van der Waals surface area (Å²) in [6.45, 7) is 3.26. The van der Waals surface area contributed by atoms with Crippen molar-refractivity contribution in [3.05, 3.63) is 70.3 Å². The number of rotatable bonds is 7. The molecular weight excluding hydrogens is 414 g/mol. The van der Waals surface area contributed by atoms with Crippen molar-refractivity contribution in [1.29, 1.82) is 0 Å². The second kappa shape index (κ2) is 9.47. The lowest BCUT2D eigenvalue weighted by atomic mass is 10.0. The average Bonchev–Trinajstić information content (AvgIpc) is 2.70. The molecule has 9 heteroatoms. The third kappa shape index (κ3) is 5.81. The van der Waals surface area contributed by atoms with Crippen LogP contribution in [0.4, 0.5) is 23.4 Å². The number of alkyl halides is 3. The Morgan fingerprint density at radius 3 is 2.68 bits per heavy atom. The molecule has 0 radical (unpaired) electrons. The van der Waals surface area contributed by atoms with Crippen molar-refractivity contribution in [2.75, 3.05) is 32.1 Å². The number of carbonyl (C=O) groups excluding carboxylic acids is 1. The van der Waals surface area contributed by atoms with Gasteiger partial charge in [-0.1, -0.05) is 0 Å². The van der Waals surface area contributed by atoms with Crippen molar-refractivity contribution in [2.45, 2.75) is 25.9 Å². The largest absolute Gasteiger partial charge is 0.416 e. The van der Waals surface area contributed by atoms with Gasteiger partial charge in [0.25, 0.3) is 5.91 Å². The fourth-order valence-corrected chi connectivity index (χ4v) is 3.43. The van der Waals surface area contributed by atoms with E-state index < -0.39 is 17.6 Å². The molecule has 2 heterocycles. The number of aromatic nitrogens is 1. The Balaban J connectivity index is 1.75. The fraction of sp³-hybridized carbons (Fsp3) is 0.364. The number of halogens is 4. The van der Waals surface area contributed by atoms with Crippen LogP contribution >= 0.6 is 0 Å². The van der Waals surface area contributed by atoms with E-state index in [9.17, 15) is 22.4 Å². The summed E-state index contributed by atoms with van der Waals surface area (Å²) in [6.07, 6.45) is -2.37. The van der Waals surface area contributed by atoms with Crippen molar-refractivity contribution in [3.8, 4) is 0 Å². The molecule has 0 spiro atoms. The molecule has 1 N–H and O–H groups in total. The molecule has 0 atom stereocenters. The zero-order chi connectivity index (χ0) is 22.6. The smallest absolute Gasteiger partial charge is 0.383 e. The highest BCUT2D eigenvalue weighted by Crippen LogP contribution is 2.31. The number of methoxy groups -OCH3 is 1. The van der Waals surface area contributed by atoms with E-state index in [1.165, 1.54) is 6.20 Å². The quantitative estimate of drug-likeness (QED) is 0.653. The normalized spacial score (nSPS) is 14.9. The molecule has 0 saturated heterocycles. The van der Waals surface area contributed by atoms with Gasteiger partial charge in [0.15, 0.2) is 0 Å². The number of anilines is 1. The number of hydrogen-bond donors (Lipinski definition) is 1. The first-order chi connectivity index (χ1) is 14.7. The molecule has 1 aliphatic rings. The summed E-state index contributed by atoms with van der Waals surface area (Å²) in [5.74, 6) is -0.546. The number of pyridine rings is 1. The molecule has 0 fully saturated rings. The Morgan fingerprint density at radius 1 is 1.19 bits per heavy atom. The zero-order valence-electron chi connectivity index (χ0n) is 17.2. The maximum absolute atomic E-state index is 13.7. The van der Waals surface area contributed by atoms with Crippen LogP contribution in [0.5, 0.6) is 0 Å². The number of ether oxygens (including phenoxy) is 1. The highest BCUT2D eigenvalue weighted by atomic mass is 19.4. The predicted molar refractivity (Wildman–Crippen MR) is 108 cm³/mol. The average molecular weight is 437 g/mol. The lowest BCUT2D eigenvalue weighted by Gasteiger charge is -2.29. The maximum atomic E-state index is 13.7. The molecule has 1 aromatic carbocycles. The molecule has 0 saturated carbocycles. The lowest BCUT2D eigenvalue weighted by molar-refractivity contribution is -0.137. The summed E-state index contributed by atoms with van der Waals surface area (Å²) in [4.78, 5) is 18.5. The van der Waals surface area contributed by atoms with E-state index in [4.69, 9.17) is 4.74 Å². The first-order valence-electron chi connectivity index (χ1n) is 9.74. The summed E-state index contributed by atoms with van der Waals surface area (Å²) < 4.78 is 57.5. The van der Waals surface area contributed by atoms with Crippen molar-refractivity contribution < 1.29 is 27.1 Å². The molecule has 0 unspecified atom stereocenters. The van der Waals surface area contributed by atoms with Crippen molar-refractivity contribution in [3.63, 3.8) is 0 Å². The Labute approximate surface area is 177 Å². The van der Waals surface area contributed by atoms with Gasteiger partial charge in [-0.05, 0) is 54.8 Å². The van der Waals surface area contributed by atoms with Crippen LogP contribution in [0.25, 0.3) is 0 Å². The molecule has 0 aliphatic carbocycles. The number of benzene rings is 1. The van der Waals surface area contributed by atoms with E-state index in [2.05, 4.69) is 10.3 Å². The minimum atomic E-state index is -4.61. The van der Waals surface area contributed by atoms with E-state index in [1.807, 2.05) is 0 Å². The van der Waals surface area contributed by atoms with Gasteiger partial charge in [0.1, 0.15) is 11.6 Å². The van der Waals surface area contributed by atoms with Crippen LogP contribution in [0.2, 0.25) is 0 Å². The van der Waals surface area contributed by atoms with Gasteiger partial charge in [-0.25, -0.2) is 9.37 Å². The first-order valence-corrected chi connectivity index (χ1v) is 9.74. The van der Waals surface area contributed by atoms with Crippen molar-refractivity contribution in [1.82, 2.24) is 9.88 Å². The molecular formula is C22H23F4N3O2. The third-order valence-corrected chi connectivity index (χ3v) is 5.05. The summed E-state index contributed by atoms with van der Waals surface area (Å²) in [5, 5.41) is 3.15. The molecule has 2 aromatic rings. The Morgan fingerprint density at radius 2 is 1.97 bits per heavy atom. The standard InChI is InChI=1S/C22H23F4N3O2/c1-14-19(4-6-29(21(14)30)7-8-31-2)28-20-12-15(3-5-27-20)9-16-10-17(22(24,25)26)13-18(23)11-16/h3,5,10-13H,4,6-9H2,1-2H3,(H,27,28). The summed E-state index contributed by atoms with van der Waals surface area (Å²) >= 11 is 0. The highest BCUT2D eigenvalue weighted by molar-refractivity contribution is 5.95. The van der Waals surface area contributed by atoms with E-state index in [0.717, 1.165) is 17.8 Å². The van der Waals surface area contributed by atoms with Gasteiger partial charge >= 0.3 is 6.18 Å². The van der Waals surface area contributed by atoms with Gasteiger partial charge in [0.05, 0.1) is 12.2 Å². The molecule has 5 nitrogen and oxygen atoms in total. The SMILES string of the molecule is COCCN1CCC(Nc2cc(Cc3cc(F)cc(C(F)(F)F)c3)ccn2)=C(C)C1=O. The number of amides is 1. The van der Waals surface area contributed by atoms with E-state index in [1.54, 1.807) is 31.1 Å². The van der Waals surface area contributed by atoms with E-state index >= 15 is 0 Å². The molecule has 31 heavy (non-hydrogen) atoms. The van der Waals surface area contributed by atoms with Crippen LogP contribution in [-0.2, 0) is 22.1 Å². The molecule has 1 amide bonds. The fourth-order valence-electron chi connectivity index (χ4n) is 3.43. The molecule has 3 rings (SSSR count). The van der Waals surface area contributed by atoms with Crippen LogP contribution in [0.3, 0.4) is 0 Å². The highest BCUT2D eigenvalue weighted by Gasteiger charge is 2.31. The number of carbonyl (C=O) groups is 1. The summed E-state index contributed by atoms with van der Waals surface area (Å²) in [7, 11) is 1.58. The molecule has 166 valence electrons.